The van der Waals surface area contributed by atoms with Crippen molar-refractivity contribution in [2.75, 3.05) is 0 Å². The maximum atomic E-state index is 11.8. The Morgan fingerprint density at radius 2 is 2.28 bits per heavy atom. The fraction of sp³-hybridized carbons (Fsp3) is 0.286. The third-order valence-corrected chi connectivity index (χ3v) is 4.37. The van der Waals surface area contributed by atoms with Crippen molar-refractivity contribution in [1.29, 1.82) is 0 Å². The van der Waals surface area contributed by atoms with Crippen molar-refractivity contribution in [3.05, 3.63) is 52.0 Å². The van der Waals surface area contributed by atoms with Gasteiger partial charge in [-0.3, -0.25) is 4.79 Å². The average molecular weight is 259 g/mol. The van der Waals surface area contributed by atoms with Gasteiger partial charge in [-0.25, -0.2) is 4.98 Å². The Bertz CT molecular complexity index is 579. The molecule has 1 aromatic heterocycles. The lowest BCUT2D eigenvalue weighted by molar-refractivity contribution is -0.143. The molecule has 3 nitrogen and oxygen atoms in total. The van der Waals surface area contributed by atoms with Crippen LogP contribution >= 0.6 is 11.3 Å². The van der Waals surface area contributed by atoms with E-state index in [9.17, 15) is 9.90 Å². The minimum absolute atomic E-state index is 0.489. The molecule has 0 saturated heterocycles. The van der Waals surface area contributed by atoms with Crippen molar-refractivity contribution in [3.8, 4) is 0 Å². The molecular formula is C14H13NO2S. The third kappa shape index (κ3) is 1.64. The van der Waals surface area contributed by atoms with Gasteiger partial charge in [-0.2, -0.15) is 0 Å². The number of thiazole rings is 1. The molecule has 1 unspecified atom stereocenters. The first kappa shape index (κ1) is 11.4. The summed E-state index contributed by atoms with van der Waals surface area (Å²) < 4.78 is 0. The lowest BCUT2D eigenvalue weighted by Crippen LogP contribution is -2.36. The third-order valence-electron chi connectivity index (χ3n) is 3.73. The van der Waals surface area contributed by atoms with E-state index >= 15 is 0 Å². The topological polar surface area (TPSA) is 50.2 Å². The largest absolute Gasteiger partial charge is 0.481 e. The molecule has 1 N–H and O–H groups in total. The van der Waals surface area contributed by atoms with Crippen LogP contribution in [-0.2, 0) is 23.1 Å². The van der Waals surface area contributed by atoms with E-state index in [4.69, 9.17) is 0 Å². The summed E-state index contributed by atoms with van der Waals surface area (Å²) in [5.74, 6) is -0.736. The van der Waals surface area contributed by atoms with Gasteiger partial charge in [0.2, 0.25) is 0 Å². The summed E-state index contributed by atoms with van der Waals surface area (Å²) in [6.45, 7) is 0. The Balaban J connectivity index is 2.07. The summed E-state index contributed by atoms with van der Waals surface area (Å²) in [6, 6.07) is 7.87. The van der Waals surface area contributed by atoms with Crippen molar-refractivity contribution in [3.63, 3.8) is 0 Å². The van der Waals surface area contributed by atoms with E-state index in [1.807, 2.05) is 29.6 Å². The Labute approximate surface area is 109 Å². The van der Waals surface area contributed by atoms with E-state index < -0.39 is 11.4 Å². The summed E-state index contributed by atoms with van der Waals surface area (Å²) in [6.07, 6.45) is 1.99. The Hall–Kier alpha value is -1.68. The quantitative estimate of drug-likeness (QED) is 0.922. The molecule has 4 heteroatoms. The van der Waals surface area contributed by atoms with Gasteiger partial charge in [0.25, 0.3) is 0 Å². The van der Waals surface area contributed by atoms with Crippen molar-refractivity contribution >= 4 is 17.3 Å². The van der Waals surface area contributed by atoms with Gasteiger partial charge >= 0.3 is 5.97 Å². The fourth-order valence-electron chi connectivity index (χ4n) is 2.80. The number of hydrogen-bond acceptors (Lipinski definition) is 3. The predicted octanol–water partition coefficient (Wildman–Crippen LogP) is 2.65. The highest BCUT2D eigenvalue weighted by atomic mass is 32.1. The smallest absolute Gasteiger partial charge is 0.314 e. The van der Waals surface area contributed by atoms with Gasteiger partial charge < -0.3 is 5.11 Å². The lowest BCUT2D eigenvalue weighted by atomic mass is 9.78. The Morgan fingerprint density at radius 1 is 1.44 bits per heavy atom. The number of nitrogens with zero attached hydrogens (tertiary/aromatic N) is 1. The molecule has 0 fully saturated rings. The molecule has 0 amide bonds. The van der Waals surface area contributed by atoms with Crippen LogP contribution in [0.15, 0.2) is 35.2 Å². The second-order valence-corrected chi connectivity index (χ2v) is 5.42. The molecule has 0 saturated carbocycles. The Morgan fingerprint density at radius 3 is 3.00 bits per heavy atom. The second-order valence-electron chi connectivity index (χ2n) is 4.70. The lowest BCUT2D eigenvalue weighted by Gasteiger charge is -2.24. The zero-order valence-electron chi connectivity index (χ0n) is 9.80. The van der Waals surface area contributed by atoms with Gasteiger partial charge in [-0.15, -0.1) is 11.3 Å². The molecule has 1 aromatic carbocycles. The van der Waals surface area contributed by atoms with Gasteiger partial charge in [-0.05, 0) is 24.0 Å². The van der Waals surface area contributed by atoms with E-state index in [2.05, 4.69) is 4.98 Å². The molecule has 1 aliphatic rings. The summed E-state index contributed by atoms with van der Waals surface area (Å²) in [5, 5.41) is 11.6. The number of benzene rings is 1. The zero-order chi connectivity index (χ0) is 12.6. The van der Waals surface area contributed by atoms with Crippen molar-refractivity contribution in [2.45, 2.75) is 24.7 Å². The maximum absolute atomic E-state index is 11.8. The Kier molecular flexibility index (Phi) is 2.67. The van der Waals surface area contributed by atoms with Crippen LogP contribution in [0.5, 0.6) is 0 Å². The van der Waals surface area contributed by atoms with Crippen LogP contribution in [0.4, 0.5) is 0 Å². The highest BCUT2D eigenvalue weighted by Gasteiger charge is 2.45. The molecule has 0 bridgehead atoms. The first-order valence-corrected chi connectivity index (χ1v) is 6.85. The maximum Gasteiger partial charge on any atom is 0.314 e. The van der Waals surface area contributed by atoms with E-state index in [0.717, 1.165) is 23.2 Å². The molecule has 2 aromatic rings. The first-order valence-electron chi connectivity index (χ1n) is 5.91. The number of rotatable bonds is 3. The molecule has 92 valence electrons. The predicted molar refractivity (Wildman–Crippen MR) is 69.9 cm³/mol. The van der Waals surface area contributed by atoms with Crippen molar-refractivity contribution in [2.24, 2.45) is 0 Å². The van der Waals surface area contributed by atoms with E-state index in [0.29, 0.717) is 12.8 Å². The zero-order valence-corrected chi connectivity index (χ0v) is 10.6. The molecule has 1 heterocycles. The molecular weight excluding hydrogens is 246 g/mol. The molecule has 0 spiro atoms. The number of carbonyl (C=O) groups is 1. The van der Waals surface area contributed by atoms with Crippen LogP contribution in [0.25, 0.3) is 0 Å². The summed E-state index contributed by atoms with van der Waals surface area (Å²) in [4.78, 5) is 16.0. The number of aliphatic carboxylic acids is 1. The summed E-state index contributed by atoms with van der Waals surface area (Å²) in [7, 11) is 0. The van der Waals surface area contributed by atoms with Crippen LogP contribution < -0.4 is 0 Å². The van der Waals surface area contributed by atoms with Crippen LogP contribution in [0.3, 0.4) is 0 Å². The number of hydrogen-bond donors (Lipinski definition) is 1. The molecule has 1 aliphatic carbocycles. The second kappa shape index (κ2) is 4.21. The molecule has 1 atom stereocenters. The first-order chi connectivity index (χ1) is 8.72. The SMILES string of the molecule is O=C(O)C1(Cc2cscn2)CCc2ccccc21. The number of carboxylic acids is 1. The molecule has 18 heavy (non-hydrogen) atoms. The van der Waals surface area contributed by atoms with Gasteiger partial charge in [0.15, 0.2) is 0 Å². The highest BCUT2D eigenvalue weighted by Crippen LogP contribution is 2.41. The monoisotopic (exact) mass is 259 g/mol. The normalized spacial score (nSPS) is 21.8. The minimum atomic E-state index is -0.787. The minimum Gasteiger partial charge on any atom is -0.481 e. The van der Waals surface area contributed by atoms with Gasteiger partial charge in [0.05, 0.1) is 16.6 Å². The number of aromatic nitrogens is 1. The molecule has 3 rings (SSSR count). The fourth-order valence-corrected chi connectivity index (χ4v) is 3.36. The molecule has 0 aliphatic heterocycles. The van der Waals surface area contributed by atoms with Crippen LogP contribution in [0, 0.1) is 0 Å². The number of aryl methyl sites for hydroxylation is 1. The van der Waals surface area contributed by atoms with E-state index in [1.165, 1.54) is 11.3 Å². The van der Waals surface area contributed by atoms with Crippen LogP contribution in [0.1, 0.15) is 23.2 Å². The van der Waals surface area contributed by atoms with Gasteiger partial charge in [0.1, 0.15) is 0 Å². The van der Waals surface area contributed by atoms with Gasteiger partial charge in [-0.1, -0.05) is 24.3 Å². The number of fused-ring (bicyclic) bond motifs is 1. The average Bonchev–Trinajstić information content (AvgIpc) is 2.99. The summed E-state index contributed by atoms with van der Waals surface area (Å²) in [5.41, 5.74) is 3.97. The highest BCUT2D eigenvalue weighted by molar-refractivity contribution is 7.07. The van der Waals surface area contributed by atoms with Crippen LogP contribution in [0.2, 0.25) is 0 Å². The van der Waals surface area contributed by atoms with Gasteiger partial charge in [0, 0.05) is 11.8 Å². The molecule has 0 radical (unpaired) electrons. The van der Waals surface area contributed by atoms with Crippen LogP contribution in [-0.4, -0.2) is 16.1 Å². The number of carboxylic acid groups (broad SMARTS) is 1. The standard InChI is InChI=1S/C14H13NO2S/c16-13(17)14(7-11-8-18-9-15-11)6-5-10-3-1-2-4-12(10)14/h1-4,8-9H,5-7H2,(H,16,17). The van der Waals surface area contributed by atoms with E-state index in [-0.39, 0.29) is 0 Å². The van der Waals surface area contributed by atoms with Crippen molar-refractivity contribution < 1.29 is 9.90 Å². The van der Waals surface area contributed by atoms with E-state index in [1.54, 1.807) is 5.51 Å². The summed E-state index contributed by atoms with van der Waals surface area (Å²) >= 11 is 1.51. The van der Waals surface area contributed by atoms with Crippen molar-refractivity contribution in [1.82, 2.24) is 4.98 Å².